The fraction of sp³-hybridized carbons (Fsp3) is 0.583. The smallest absolute Gasteiger partial charge is 0.125 e. The third kappa shape index (κ3) is 4.30. The van der Waals surface area contributed by atoms with Crippen molar-refractivity contribution in [2.45, 2.75) is 27.2 Å². The highest BCUT2D eigenvalue weighted by Gasteiger charge is 2.16. The minimum absolute atomic E-state index is 0.224. The van der Waals surface area contributed by atoms with E-state index in [1.54, 1.807) is 0 Å². The van der Waals surface area contributed by atoms with E-state index in [0.29, 0.717) is 0 Å². The van der Waals surface area contributed by atoms with Crippen LogP contribution in [0.15, 0.2) is 18.3 Å². The topological polar surface area (TPSA) is 50.9 Å². The van der Waals surface area contributed by atoms with Gasteiger partial charge in [0.15, 0.2) is 0 Å². The second kappa shape index (κ2) is 5.12. The van der Waals surface area contributed by atoms with Gasteiger partial charge in [-0.25, -0.2) is 4.98 Å². The van der Waals surface area contributed by atoms with Gasteiger partial charge in [0, 0.05) is 12.7 Å². The molecule has 0 aromatic carbocycles. The number of aryl methyl sites for hydroxylation is 1. The molecule has 84 valence electrons. The SMILES string of the molecule is Cc1ccc(NCC(C)(C)CCN)nc1. The lowest BCUT2D eigenvalue weighted by atomic mass is 9.89. The third-order valence-electron chi connectivity index (χ3n) is 2.48. The zero-order chi connectivity index (χ0) is 11.3. The number of nitrogens with zero attached hydrogens (tertiary/aromatic N) is 1. The van der Waals surface area contributed by atoms with E-state index >= 15 is 0 Å². The van der Waals surface area contributed by atoms with Crippen LogP contribution in [0.3, 0.4) is 0 Å². The third-order valence-corrected chi connectivity index (χ3v) is 2.48. The lowest BCUT2D eigenvalue weighted by Crippen LogP contribution is -2.26. The first kappa shape index (κ1) is 12.0. The molecule has 1 aromatic heterocycles. The minimum Gasteiger partial charge on any atom is -0.370 e. The van der Waals surface area contributed by atoms with Crippen LogP contribution in [-0.2, 0) is 0 Å². The van der Waals surface area contributed by atoms with Gasteiger partial charge in [-0.15, -0.1) is 0 Å². The number of rotatable bonds is 5. The monoisotopic (exact) mass is 207 g/mol. The second-order valence-electron chi connectivity index (χ2n) is 4.78. The molecule has 0 saturated carbocycles. The van der Waals surface area contributed by atoms with E-state index < -0.39 is 0 Å². The van der Waals surface area contributed by atoms with Gasteiger partial charge in [0.05, 0.1) is 0 Å². The van der Waals surface area contributed by atoms with Crippen molar-refractivity contribution in [3.63, 3.8) is 0 Å². The molecule has 3 N–H and O–H groups in total. The maximum absolute atomic E-state index is 5.56. The number of aromatic nitrogens is 1. The predicted molar refractivity (Wildman–Crippen MR) is 64.9 cm³/mol. The summed E-state index contributed by atoms with van der Waals surface area (Å²) in [6.07, 6.45) is 2.89. The molecule has 1 aromatic rings. The molecule has 0 saturated heterocycles. The van der Waals surface area contributed by atoms with Crippen LogP contribution < -0.4 is 11.1 Å². The Hall–Kier alpha value is -1.09. The summed E-state index contributed by atoms with van der Waals surface area (Å²) in [4.78, 5) is 4.30. The van der Waals surface area contributed by atoms with Gasteiger partial charge in [-0.2, -0.15) is 0 Å². The van der Waals surface area contributed by atoms with Crippen molar-refractivity contribution in [1.29, 1.82) is 0 Å². The Kier molecular flexibility index (Phi) is 4.09. The average Bonchev–Trinajstić information content (AvgIpc) is 2.17. The highest BCUT2D eigenvalue weighted by atomic mass is 15.0. The van der Waals surface area contributed by atoms with E-state index in [0.717, 1.165) is 25.3 Å². The van der Waals surface area contributed by atoms with Crippen LogP contribution in [0.1, 0.15) is 25.8 Å². The number of hydrogen-bond acceptors (Lipinski definition) is 3. The molecule has 0 aliphatic heterocycles. The summed E-state index contributed by atoms with van der Waals surface area (Å²) in [7, 11) is 0. The van der Waals surface area contributed by atoms with Crippen LogP contribution in [0.4, 0.5) is 5.82 Å². The molecule has 1 heterocycles. The molecule has 0 bridgehead atoms. The van der Waals surface area contributed by atoms with Gasteiger partial charge >= 0.3 is 0 Å². The first-order chi connectivity index (χ1) is 7.03. The Morgan fingerprint density at radius 3 is 2.67 bits per heavy atom. The lowest BCUT2D eigenvalue weighted by Gasteiger charge is -2.24. The van der Waals surface area contributed by atoms with Crippen LogP contribution in [0.5, 0.6) is 0 Å². The summed E-state index contributed by atoms with van der Waals surface area (Å²) in [5.74, 6) is 0.936. The summed E-state index contributed by atoms with van der Waals surface area (Å²) in [5, 5.41) is 3.33. The molecule has 0 amide bonds. The van der Waals surface area contributed by atoms with E-state index in [2.05, 4.69) is 30.2 Å². The number of hydrogen-bond donors (Lipinski definition) is 2. The molecule has 0 spiro atoms. The number of nitrogens with one attached hydrogen (secondary N) is 1. The zero-order valence-electron chi connectivity index (χ0n) is 9.88. The predicted octanol–water partition coefficient (Wildman–Crippen LogP) is 2.18. The Labute approximate surface area is 92.1 Å². The number of anilines is 1. The van der Waals surface area contributed by atoms with Crippen molar-refractivity contribution in [3.05, 3.63) is 23.9 Å². The fourth-order valence-corrected chi connectivity index (χ4v) is 1.38. The summed E-state index contributed by atoms with van der Waals surface area (Å²) in [6, 6.07) is 4.07. The fourth-order valence-electron chi connectivity index (χ4n) is 1.38. The molecule has 0 aliphatic carbocycles. The van der Waals surface area contributed by atoms with Gasteiger partial charge in [0.25, 0.3) is 0 Å². The van der Waals surface area contributed by atoms with E-state index in [4.69, 9.17) is 5.73 Å². The molecule has 1 rings (SSSR count). The molecule has 0 atom stereocenters. The van der Waals surface area contributed by atoms with Crippen molar-refractivity contribution in [3.8, 4) is 0 Å². The molecule has 0 aliphatic rings. The van der Waals surface area contributed by atoms with Gasteiger partial charge in [-0.05, 0) is 36.9 Å². The Morgan fingerprint density at radius 2 is 2.13 bits per heavy atom. The Balaban J connectivity index is 2.46. The Bertz CT molecular complexity index is 290. The van der Waals surface area contributed by atoms with Crippen LogP contribution in [-0.4, -0.2) is 18.1 Å². The van der Waals surface area contributed by atoms with Crippen molar-refractivity contribution in [1.82, 2.24) is 4.98 Å². The van der Waals surface area contributed by atoms with E-state index in [1.807, 2.05) is 19.2 Å². The maximum atomic E-state index is 5.56. The quantitative estimate of drug-likeness (QED) is 0.778. The highest BCUT2D eigenvalue weighted by molar-refractivity contribution is 5.35. The molecular weight excluding hydrogens is 186 g/mol. The summed E-state index contributed by atoms with van der Waals surface area (Å²) >= 11 is 0. The van der Waals surface area contributed by atoms with Crippen molar-refractivity contribution >= 4 is 5.82 Å². The molecule has 0 radical (unpaired) electrons. The lowest BCUT2D eigenvalue weighted by molar-refractivity contribution is 0.365. The van der Waals surface area contributed by atoms with Gasteiger partial charge in [0.1, 0.15) is 5.82 Å². The van der Waals surface area contributed by atoms with Crippen LogP contribution in [0.2, 0.25) is 0 Å². The van der Waals surface area contributed by atoms with E-state index in [-0.39, 0.29) is 5.41 Å². The van der Waals surface area contributed by atoms with E-state index in [9.17, 15) is 0 Å². The summed E-state index contributed by atoms with van der Waals surface area (Å²) < 4.78 is 0. The number of pyridine rings is 1. The normalized spacial score (nSPS) is 11.5. The summed E-state index contributed by atoms with van der Waals surface area (Å²) in [6.45, 7) is 8.09. The molecular formula is C12H21N3. The molecule has 0 unspecified atom stereocenters. The molecule has 3 nitrogen and oxygen atoms in total. The second-order valence-corrected chi connectivity index (χ2v) is 4.78. The first-order valence-corrected chi connectivity index (χ1v) is 5.40. The largest absolute Gasteiger partial charge is 0.370 e. The zero-order valence-corrected chi connectivity index (χ0v) is 9.88. The first-order valence-electron chi connectivity index (χ1n) is 5.40. The van der Waals surface area contributed by atoms with Crippen molar-refractivity contribution in [2.75, 3.05) is 18.4 Å². The van der Waals surface area contributed by atoms with Gasteiger partial charge < -0.3 is 11.1 Å². The van der Waals surface area contributed by atoms with Crippen LogP contribution in [0.25, 0.3) is 0 Å². The molecule has 15 heavy (non-hydrogen) atoms. The van der Waals surface area contributed by atoms with Crippen molar-refractivity contribution < 1.29 is 0 Å². The van der Waals surface area contributed by atoms with Crippen molar-refractivity contribution in [2.24, 2.45) is 11.1 Å². The summed E-state index contributed by atoms with van der Waals surface area (Å²) in [5.41, 5.74) is 6.97. The number of nitrogens with two attached hydrogens (primary N) is 1. The van der Waals surface area contributed by atoms with Gasteiger partial charge in [-0.1, -0.05) is 19.9 Å². The molecule has 0 fully saturated rings. The van der Waals surface area contributed by atoms with E-state index in [1.165, 1.54) is 5.56 Å². The van der Waals surface area contributed by atoms with Gasteiger partial charge in [-0.3, -0.25) is 0 Å². The maximum Gasteiger partial charge on any atom is 0.125 e. The van der Waals surface area contributed by atoms with Crippen LogP contribution in [0, 0.1) is 12.3 Å². The molecule has 3 heteroatoms. The Morgan fingerprint density at radius 1 is 1.40 bits per heavy atom. The average molecular weight is 207 g/mol. The van der Waals surface area contributed by atoms with Gasteiger partial charge in [0.2, 0.25) is 0 Å². The standard InChI is InChI=1S/C12H21N3/c1-10-4-5-11(14-8-10)15-9-12(2,3)6-7-13/h4-5,8H,6-7,9,13H2,1-3H3,(H,14,15). The highest BCUT2D eigenvalue weighted by Crippen LogP contribution is 2.19. The van der Waals surface area contributed by atoms with Crippen LogP contribution >= 0.6 is 0 Å². The minimum atomic E-state index is 0.224.